The minimum atomic E-state index is -0.995. The highest BCUT2D eigenvalue weighted by Gasteiger charge is 1.94. The third-order valence-corrected chi connectivity index (χ3v) is 4.31. The first-order chi connectivity index (χ1) is 5.62. The summed E-state index contributed by atoms with van der Waals surface area (Å²) >= 11 is 0. The molecule has 0 aromatic rings. The van der Waals surface area contributed by atoms with Gasteiger partial charge < -0.3 is 9.90 Å². The zero-order chi connectivity index (χ0) is 9.98. The average molecular weight is 191 g/mol. The fourth-order valence-electron chi connectivity index (χ4n) is 0.671. The van der Waals surface area contributed by atoms with Gasteiger partial charge in [0.25, 0.3) is 0 Å². The maximum Gasteiger partial charge on any atom is 0.0411 e. The maximum atomic E-state index is 9.26. The van der Waals surface area contributed by atoms with Crippen molar-refractivity contribution in [2.75, 3.05) is 18.5 Å². The molecule has 0 unspecified atom stereocenters. The van der Waals surface area contributed by atoms with Gasteiger partial charge in [-0.25, -0.2) is 0 Å². The monoisotopic (exact) mass is 191 g/mol. The highest BCUT2D eigenvalue weighted by molar-refractivity contribution is 7.57. The quantitative estimate of drug-likeness (QED) is 0.634. The van der Waals surface area contributed by atoms with Crippen LogP contribution in [0, 0.1) is 0 Å². The van der Waals surface area contributed by atoms with Gasteiger partial charge in [-0.15, -0.1) is 7.92 Å². The van der Waals surface area contributed by atoms with Gasteiger partial charge >= 0.3 is 0 Å². The summed E-state index contributed by atoms with van der Waals surface area (Å²) in [4.78, 5) is 9.26. The van der Waals surface area contributed by atoms with E-state index >= 15 is 0 Å². The van der Waals surface area contributed by atoms with Gasteiger partial charge in [-0.3, -0.25) is 0 Å². The van der Waals surface area contributed by atoms with Crippen LogP contribution in [0.1, 0.15) is 34.1 Å². The lowest BCUT2D eigenvalue weighted by Gasteiger charge is -2.07. The molecule has 0 heterocycles. The first-order valence-corrected chi connectivity index (χ1v) is 6.44. The number of rotatable bonds is 4. The summed E-state index contributed by atoms with van der Waals surface area (Å²) in [5.41, 5.74) is 0. The molecule has 0 N–H and O–H groups in total. The van der Waals surface area contributed by atoms with Gasteiger partial charge in [-0.05, 0) is 24.9 Å². The molecule has 0 aliphatic carbocycles. The van der Waals surface area contributed by atoms with Gasteiger partial charge in [-0.1, -0.05) is 27.7 Å². The van der Waals surface area contributed by atoms with Crippen LogP contribution < -0.4 is 5.11 Å². The molecule has 0 bridgehead atoms. The van der Waals surface area contributed by atoms with Gasteiger partial charge in [0.15, 0.2) is 0 Å². The number of hydrogen-bond donors (Lipinski definition) is 0. The summed E-state index contributed by atoms with van der Waals surface area (Å²) in [6.07, 6.45) is 4.37. The van der Waals surface area contributed by atoms with E-state index in [1.165, 1.54) is 25.4 Å². The molecule has 12 heavy (non-hydrogen) atoms. The second kappa shape index (κ2) is 10.9. The van der Waals surface area contributed by atoms with Crippen LogP contribution in [0.4, 0.5) is 0 Å². The standard InChI is InChI=1S/C6H15P.C3H6O2/c1-4-7(5-2)6-3;1-2-3(4)5/h4-6H2,1-3H3;2H2,1H3,(H,4,5)/p-1. The number of hydrogen-bond acceptors (Lipinski definition) is 2. The minimum Gasteiger partial charge on any atom is -0.550 e. The van der Waals surface area contributed by atoms with E-state index in [0.29, 0.717) is 7.92 Å². The Morgan fingerprint density at radius 1 is 1.08 bits per heavy atom. The predicted octanol–water partition coefficient (Wildman–Crippen LogP) is 1.67. The molecule has 0 radical (unpaired) electrons. The fraction of sp³-hybridized carbons (Fsp3) is 0.889. The Kier molecular flexibility index (Phi) is 13.1. The van der Waals surface area contributed by atoms with E-state index in [1.807, 2.05) is 0 Å². The first kappa shape index (κ1) is 14.4. The van der Waals surface area contributed by atoms with E-state index in [4.69, 9.17) is 0 Å². The number of carbonyl (C=O) groups excluding carboxylic acids is 1. The Labute approximate surface area is 77.1 Å². The second-order valence-electron chi connectivity index (χ2n) is 2.35. The van der Waals surface area contributed by atoms with Crippen molar-refractivity contribution in [1.29, 1.82) is 0 Å². The van der Waals surface area contributed by atoms with E-state index in [-0.39, 0.29) is 6.42 Å². The van der Waals surface area contributed by atoms with Crippen LogP contribution in [0.25, 0.3) is 0 Å². The molecule has 0 aromatic heterocycles. The molecule has 3 heteroatoms. The topological polar surface area (TPSA) is 40.1 Å². The smallest absolute Gasteiger partial charge is 0.0411 e. The van der Waals surface area contributed by atoms with Crippen LogP contribution in [0.5, 0.6) is 0 Å². The van der Waals surface area contributed by atoms with Gasteiger partial charge in [0, 0.05) is 5.97 Å². The van der Waals surface area contributed by atoms with Crippen molar-refractivity contribution >= 4 is 13.9 Å². The van der Waals surface area contributed by atoms with Gasteiger partial charge in [0.1, 0.15) is 0 Å². The molecule has 0 fully saturated rings. The van der Waals surface area contributed by atoms with Crippen LogP contribution in [-0.2, 0) is 4.79 Å². The normalized spacial score (nSPS) is 9.08. The molecule has 0 atom stereocenters. The fourth-order valence-corrected chi connectivity index (χ4v) is 2.01. The molecule has 0 rings (SSSR count). The summed E-state index contributed by atoms with van der Waals surface area (Å²) in [5.74, 6) is -0.995. The van der Waals surface area contributed by atoms with Crippen LogP contribution in [0.15, 0.2) is 0 Å². The van der Waals surface area contributed by atoms with Gasteiger partial charge in [0.2, 0.25) is 0 Å². The molecular formula is C9H20O2P-. The van der Waals surface area contributed by atoms with Crippen LogP contribution in [0.3, 0.4) is 0 Å². The van der Waals surface area contributed by atoms with Crippen LogP contribution >= 0.6 is 7.92 Å². The molecule has 74 valence electrons. The van der Waals surface area contributed by atoms with Gasteiger partial charge in [0.05, 0.1) is 0 Å². The summed E-state index contributed by atoms with van der Waals surface area (Å²) in [7, 11) is 0.446. The zero-order valence-electron chi connectivity index (χ0n) is 8.59. The van der Waals surface area contributed by atoms with Crippen molar-refractivity contribution in [2.24, 2.45) is 0 Å². The van der Waals surface area contributed by atoms with Gasteiger partial charge in [-0.2, -0.15) is 0 Å². The van der Waals surface area contributed by atoms with E-state index in [2.05, 4.69) is 20.8 Å². The number of carbonyl (C=O) groups is 1. The van der Waals surface area contributed by atoms with E-state index in [9.17, 15) is 9.90 Å². The molecule has 0 aromatic carbocycles. The molecule has 0 saturated carbocycles. The lowest BCUT2D eigenvalue weighted by atomic mass is 10.5. The van der Waals surface area contributed by atoms with Crippen molar-refractivity contribution in [3.8, 4) is 0 Å². The largest absolute Gasteiger partial charge is 0.550 e. The number of aliphatic carboxylic acids is 1. The molecule has 0 saturated heterocycles. The van der Waals surface area contributed by atoms with Crippen LogP contribution in [0.2, 0.25) is 0 Å². The van der Waals surface area contributed by atoms with Crippen molar-refractivity contribution in [3.63, 3.8) is 0 Å². The Bertz CT molecular complexity index is 95.2. The Morgan fingerprint density at radius 3 is 1.33 bits per heavy atom. The SMILES string of the molecule is CCC(=O)[O-].CCP(CC)CC. The highest BCUT2D eigenvalue weighted by atomic mass is 31.1. The molecule has 0 aliphatic rings. The molecule has 2 nitrogen and oxygen atoms in total. The lowest BCUT2D eigenvalue weighted by molar-refractivity contribution is -0.305. The van der Waals surface area contributed by atoms with E-state index in [1.54, 1.807) is 0 Å². The zero-order valence-corrected chi connectivity index (χ0v) is 9.49. The van der Waals surface area contributed by atoms with Crippen LogP contribution in [-0.4, -0.2) is 24.5 Å². The first-order valence-electron chi connectivity index (χ1n) is 4.54. The minimum absolute atomic E-state index is 0.111. The summed E-state index contributed by atoms with van der Waals surface area (Å²) in [5, 5.41) is 9.26. The average Bonchev–Trinajstić information content (AvgIpc) is 2.09. The Balaban J connectivity index is 0. The lowest BCUT2D eigenvalue weighted by Crippen LogP contribution is -2.19. The molecule has 0 aliphatic heterocycles. The molecule has 0 spiro atoms. The summed E-state index contributed by atoms with van der Waals surface area (Å²) < 4.78 is 0. The van der Waals surface area contributed by atoms with E-state index < -0.39 is 5.97 Å². The maximum absolute atomic E-state index is 9.26. The Morgan fingerprint density at radius 2 is 1.33 bits per heavy atom. The number of carboxylic acids is 1. The third kappa shape index (κ3) is 12.6. The third-order valence-electron chi connectivity index (χ3n) is 1.63. The predicted molar refractivity (Wildman–Crippen MR) is 53.8 cm³/mol. The van der Waals surface area contributed by atoms with Crippen molar-refractivity contribution in [3.05, 3.63) is 0 Å². The molecular weight excluding hydrogens is 171 g/mol. The van der Waals surface area contributed by atoms with Crippen molar-refractivity contribution in [2.45, 2.75) is 34.1 Å². The summed E-state index contributed by atoms with van der Waals surface area (Å²) in [6.45, 7) is 8.41. The van der Waals surface area contributed by atoms with E-state index in [0.717, 1.165) is 0 Å². The molecule has 0 amide bonds. The van der Waals surface area contributed by atoms with Crippen molar-refractivity contribution < 1.29 is 9.90 Å². The highest BCUT2D eigenvalue weighted by Crippen LogP contribution is 2.32. The second-order valence-corrected chi connectivity index (χ2v) is 5.58. The summed E-state index contributed by atoms with van der Waals surface area (Å²) in [6, 6.07) is 0. The Hall–Kier alpha value is -0.100. The number of carboxylic acid groups (broad SMARTS) is 1. The van der Waals surface area contributed by atoms with Crippen molar-refractivity contribution in [1.82, 2.24) is 0 Å².